The lowest BCUT2D eigenvalue weighted by atomic mass is 9.66. The molecular weight excluding hydrogens is 216 g/mol. The van der Waals surface area contributed by atoms with Gasteiger partial charge in [-0.2, -0.15) is 0 Å². The first kappa shape index (κ1) is 12.8. The van der Waals surface area contributed by atoms with Crippen molar-refractivity contribution in [3.8, 4) is 0 Å². The summed E-state index contributed by atoms with van der Waals surface area (Å²) < 4.78 is 5.33. The minimum absolute atomic E-state index is 0.0745. The first-order valence-electron chi connectivity index (χ1n) is 6.66. The molecule has 0 unspecified atom stereocenters. The zero-order valence-corrected chi connectivity index (χ0v) is 10.8. The molecule has 0 radical (unpaired) electrons. The van der Waals surface area contributed by atoms with Gasteiger partial charge in [0.1, 0.15) is 0 Å². The molecule has 3 N–H and O–H groups in total. The van der Waals surface area contributed by atoms with Gasteiger partial charge in [-0.3, -0.25) is 4.79 Å². The summed E-state index contributed by atoms with van der Waals surface area (Å²) in [4.78, 5) is 12.1. The van der Waals surface area contributed by atoms with Crippen LogP contribution in [0.5, 0.6) is 0 Å². The van der Waals surface area contributed by atoms with Gasteiger partial charge in [-0.25, -0.2) is 0 Å². The van der Waals surface area contributed by atoms with E-state index in [-0.39, 0.29) is 16.9 Å². The molecule has 2 rings (SSSR count). The molecule has 1 saturated heterocycles. The lowest BCUT2D eigenvalue weighted by Crippen LogP contribution is -2.52. The fourth-order valence-electron chi connectivity index (χ4n) is 2.80. The van der Waals surface area contributed by atoms with Crippen LogP contribution in [-0.2, 0) is 9.53 Å². The predicted molar refractivity (Wildman–Crippen MR) is 66.6 cm³/mol. The molecule has 1 heterocycles. The van der Waals surface area contributed by atoms with E-state index in [1.165, 1.54) is 6.42 Å². The summed E-state index contributed by atoms with van der Waals surface area (Å²) in [5, 5.41) is 3.18. The van der Waals surface area contributed by atoms with E-state index in [0.29, 0.717) is 13.0 Å². The van der Waals surface area contributed by atoms with Crippen molar-refractivity contribution in [1.29, 1.82) is 0 Å². The smallest absolute Gasteiger partial charge is 0.221 e. The molecule has 2 aliphatic rings. The number of hydrogen-bond donors (Lipinski definition) is 2. The second-order valence-corrected chi connectivity index (χ2v) is 5.96. The molecule has 0 aromatic heterocycles. The lowest BCUT2D eigenvalue weighted by molar-refractivity contribution is -0.127. The van der Waals surface area contributed by atoms with E-state index in [1.54, 1.807) is 0 Å². The van der Waals surface area contributed by atoms with Gasteiger partial charge in [0, 0.05) is 25.2 Å². The van der Waals surface area contributed by atoms with Gasteiger partial charge in [0.15, 0.2) is 0 Å². The average molecular weight is 240 g/mol. The molecule has 17 heavy (non-hydrogen) atoms. The van der Waals surface area contributed by atoms with Crippen molar-refractivity contribution in [3.63, 3.8) is 0 Å². The SMILES string of the molecule is CC1(NC(=O)CC2(CN)CCC2)CCOCC1. The fourth-order valence-corrected chi connectivity index (χ4v) is 2.80. The van der Waals surface area contributed by atoms with Crippen LogP contribution in [0, 0.1) is 5.41 Å². The molecule has 1 aliphatic carbocycles. The summed E-state index contributed by atoms with van der Waals surface area (Å²) in [7, 11) is 0. The molecule has 1 amide bonds. The van der Waals surface area contributed by atoms with Gasteiger partial charge in [0.05, 0.1) is 0 Å². The van der Waals surface area contributed by atoms with Crippen LogP contribution in [0.1, 0.15) is 45.4 Å². The molecule has 4 nitrogen and oxygen atoms in total. The Morgan fingerprint density at radius 3 is 2.41 bits per heavy atom. The number of carbonyl (C=O) groups is 1. The van der Waals surface area contributed by atoms with Crippen molar-refractivity contribution >= 4 is 5.91 Å². The number of nitrogens with one attached hydrogen (secondary N) is 1. The van der Waals surface area contributed by atoms with Crippen molar-refractivity contribution < 1.29 is 9.53 Å². The van der Waals surface area contributed by atoms with Crippen molar-refractivity contribution in [2.45, 2.75) is 51.0 Å². The molecule has 1 saturated carbocycles. The van der Waals surface area contributed by atoms with Gasteiger partial charge in [-0.15, -0.1) is 0 Å². The Morgan fingerprint density at radius 2 is 1.94 bits per heavy atom. The van der Waals surface area contributed by atoms with Gasteiger partial charge in [-0.05, 0) is 44.6 Å². The molecule has 0 aromatic rings. The van der Waals surface area contributed by atoms with Crippen LogP contribution in [0.15, 0.2) is 0 Å². The monoisotopic (exact) mass is 240 g/mol. The molecule has 98 valence electrons. The first-order valence-corrected chi connectivity index (χ1v) is 6.66. The molecule has 0 spiro atoms. The van der Waals surface area contributed by atoms with Crippen LogP contribution in [0.3, 0.4) is 0 Å². The zero-order chi connectivity index (χ0) is 12.4. The van der Waals surface area contributed by atoms with Crippen molar-refractivity contribution in [3.05, 3.63) is 0 Å². The molecule has 2 fully saturated rings. The van der Waals surface area contributed by atoms with Gasteiger partial charge in [0.25, 0.3) is 0 Å². The maximum atomic E-state index is 12.1. The Morgan fingerprint density at radius 1 is 1.29 bits per heavy atom. The maximum Gasteiger partial charge on any atom is 0.221 e. The second-order valence-electron chi connectivity index (χ2n) is 5.96. The number of ether oxygens (including phenoxy) is 1. The fraction of sp³-hybridized carbons (Fsp3) is 0.923. The highest BCUT2D eigenvalue weighted by molar-refractivity contribution is 5.77. The van der Waals surface area contributed by atoms with Crippen LogP contribution >= 0.6 is 0 Å². The third kappa shape index (κ3) is 2.99. The summed E-state index contributed by atoms with van der Waals surface area (Å²) in [5.41, 5.74) is 5.81. The third-order valence-electron chi connectivity index (χ3n) is 4.42. The molecule has 0 aromatic carbocycles. The topological polar surface area (TPSA) is 64.4 Å². The zero-order valence-electron chi connectivity index (χ0n) is 10.8. The van der Waals surface area contributed by atoms with E-state index in [1.807, 2.05) is 0 Å². The normalized spacial score (nSPS) is 26.0. The third-order valence-corrected chi connectivity index (χ3v) is 4.42. The van der Waals surface area contributed by atoms with Crippen molar-refractivity contribution in [1.82, 2.24) is 5.32 Å². The highest BCUT2D eigenvalue weighted by Crippen LogP contribution is 2.43. The Kier molecular flexibility index (Phi) is 3.73. The van der Waals surface area contributed by atoms with Crippen LogP contribution in [0.2, 0.25) is 0 Å². The van der Waals surface area contributed by atoms with Crippen molar-refractivity contribution in [2.24, 2.45) is 11.1 Å². The van der Waals surface area contributed by atoms with E-state index < -0.39 is 0 Å². The lowest BCUT2D eigenvalue weighted by Gasteiger charge is -2.42. The van der Waals surface area contributed by atoms with Crippen LogP contribution < -0.4 is 11.1 Å². The molecule has 0 bridgehead atoms. The van der Waals surface area contributed by atoms with E-state index >= 15 is 0 Å². The first-order chi connectivity index (χ1) is 8.08. The number of hydrogen-bond acceptors (Lipinski definition) is 3. The number of carbonyl (C=O) groups excluding carboxylic acids is 1. The Labute approximate surface area is 103 Å². The minimum atomic E-state index is -0.0745. The van der Waals surface area contributed by atoms with E-state index in [9.17, 15) is 4.79 Å². The molecule has 0 atom stereocenters. The summed E-state index contributed by atoms with van der Waals surface area (Å²) >= 11 is 0. The van der Waals surface area contributed by atoms with E-state index in [2.05, 4.69) is 12.2 Å². The number of amides is 1. The highest BCUT2D eigenvalue weighted by Gasteiger charge is 2.39. The Bertz CT molecular complexity index is 276. The summed E-state index contributed by atoms with van der Waals surface area (Å²) in [6, 6.07) is 0. The van der Waals surface area contributed by atoms with Gasteiger partial charge in [0.2, 0.25) is 5.91 Å². The van der Waals surface area contributed by atoms with E-state index in [0.717, 1.165) is 38.9 Å². The average Bonchev–Trinajstić information content (AvgIpc) is 2.24. The van der Waals surface area contributed by atoms with Gasteiger partial charge in [-0.1, -0.05) is 6.42 Å². The van der Waals surface area contributed by atoms with Crippen LogP contribution in [0.25, 0.3) is 0 Å². The second kappa shape index (κ2) is 4.94. The number of rotatable bonds is 4. The molecular formula is C13H24N2O2. The highest BCUT2D eigenvalue weighted by atomic mass is 16.5. The predicted octanol–water partition coefficient (Wildman–Crippen LogP) is 1.19. The summed E-state index contributed by atoms with van der Waals surface area (Å²) in [6.07, 6.45) is 5.85. The quantitative estimate of drug-likeness (QED) is 0.776. The summed E-state index contributed by atoms with van der Waals surface area (Å²) in [6.45, 7) is 4.25. The van der Waals surface area contributed by atoms with E-state index in [4.69, 9.17) is 10.5 Å². The largest absolute Gasteiger partial charge is 0.381 e. The molecule has 1 aliphatic heterocycles. The Hall–Kier alpha value is -0.610. The van der Waals surface area contributed by atoms with Crippen LogP contribution in [-0.4, -0.2) is 31.2 Å². The van der Waals surface area contributed by atoms with Crippen molar-refractivity contribution in [2.75, 3.05) is 19.8 Å². The summed E-state index contributed by atoms with van der Waals surface area (Å²) in [5.74, 6) is 0.166. The Balaban J connectivity index is 1.84. The standard InChI is InChI=1S/C13H24N2O2/c1-12(5-7-17-8-6-12)15-11(16)9-13(10-14)3-2-4-13/h2-10,14H2,1H3,(H,15,16). The maximum absolute atomic E-state index is 12.1. The van der Waals surface area contributed by atoms with Gasteiger partial charge >= 0.3 is 0 Å². The minimum Gasteiger partial charge on any atom is -0.381 e. The number of nitrogens with two attached hydrogens (primary N) is 1. The van der Waals surface area contributed by atoms with Crippen LogP contribution in [0.4, 0.5) is 0 Å². The van der Waals surface area contributed by atoms with Gasteiger partial charge < -0.3 is 15.8 Å². The molecule has 4 heteroatoms.